The van der Waals surface area contributed by atoms with Crippen molar-refractivity contribution in [3.8, 4) is 5.75 Å². The number of piperidine rings is 1. The Labute approximate surface area is 159 Å². The number of benzene rings is 1. The van der Waals surface area contributed by atoms with Crippen LogP contribution in [0, 0.1) is 5.82 Å². The number of nitrogens with zero attached hydrogens (tertiary/aromatic N) is 1. The minimum atomic E-state index is -0.604. The third-order valence-electron chi connectivity index (χ3n) is 4.38. The molecule has 1 fully saturated rings. The van der Waals surface area contributed by atoms with Crippen molar-refractivity contribution in [1.29, 1.82) is 0 Å². The zero-order valence-electron chi connectivity index (χ0n) is 16.3. The number of hydrogen-bond acceptors (Lipinski definition) is 4. The van der Waals surface area contributed by atoms with Crippen molar-refractivity contribution in [2.45, 2.75) is 44.8 Å². The third kappa shape index (κ3) is 5.45. The summed E-state index contributed by atoms with van der Waals surface area (Å²) in [5.74, 6) is -0.784. The van der Waals surface area contributed by atoms with Gasteiger partial charge in [0.1, 0.15) is 5.60 Å². The Kier molecular flexibility index (Phi) is 6.46. The Bertz CT molecular complexity index is 714. The predicted molar refractivity (Wildman–Crippen MR) is 100 cm³/mol. The number of carbonyl (C=O) groups is 2. The highest BCUT2D eigenvalue weighted by atomic mass is 19.1. The van der Waals surface area contributed by atoms with Gasteiger partial charge in [-0.05, 0) is 51.0 Å². The van der Waals surface area contributed by atoms with Gasteiger partial charge in [0.05, 0.1) is 13.2 Å². The molecular formula is C20H27FN2O4. The fraction of sp³-hybridized carbons (Fsp3) is 0.500. The molecule has 1 N–H and O–H groups in total. The lowest BCUT2D eigenvalue weighted by Gasteiger charge is -2.39. The van der Waals surface area contributed by atoms with Crippen LogP contribution in [0.25, 0.3) is 0 Å². The molecule has 2 atom stereocenters. The molecule has 6 nitrogen and oxygen atoms in total. The molecule has 1 heterocycles. The molecule has 2 rings (SSSR count). The van der Waals surface area contributed by atoms with Gasteiger partial charge < -0.3 is 19.7 Å². The molecule has 0 aliphatic carbocycles. The van der Waals surface area contributed by atoms with Gasteiger partial charge in [0.2, 0.25) is 5.91 Å². The molecule has 0 bridgehead atoms. The summed E-state index contributed by atoms with van der Waals surface area (Å²) in [5, 5.41) is 2.85. The summed E-state index contributed by atoms with van der Waals surface area (Å²) in [4.78, 5) is 25.8. The number of halogens is 1. The summed E-state index contributed by atoms with van der Waals surface area (Å²) in [6.07, 6.45) is 1.31. The van der Waals surface area contributed by atoms with Gasteiger partial charge in [-0.3, -0.25) is 4.79 Å². The number of methoxy groups -OCH3 is 1. The first-order valence-corrected chi connectivity index (χ1v) is 8.89. The van der Waals surface area contributed by atoms with Crippen molar-refractivity contribution in [2.75, 3.05) is 20.2 Å². The highest BCUT2D eigenvalue weighted by molar-refractivity contribution is 5.87. The fourth-order valence-corrected chi connectivity index (χ4v) is 3.14. The van der Waals surface area contributed by atoms with E-state index in [9.17, 15) is 14.0 Å². The molecule has 0 saturated carbocycles. The Balaban J connectivity index is 2.22. The van der Waals surface area contributed by atoms with E-state index in [0.717, 1.165) is 5.56 Å². The molecule has 0 unspecified atom stereocenters. The standard InChI is InChI=1S/C20H27FN2O4/c1-6-18(24)22-16-12-23(19(25)27-20(2,3)4)10-9-14(16)13-7-8-17(26-5)15(21)11-13/h6-8,11,14,16H,1,9-10,12H2,2-5H3,(H,22,24)/t14-,16-/m0/s1. The van der Waals surface area contributed by atoms with Crippen molar-refractivity contribution >= 4 is 12.0 Å². The van der Waals surface area contributed by atoms with Gasteiger partial charge in [-0.15, -0.1) is 0 Å². The van der Waals surface area contributed by atoms with Crippen molar-refractivity contribution in [3.63, 3.8) is 0 Å². The lowest BCUT2D eigenvalue weighted by atomic mass is 9.85. The van der Waals surface area contributed by atoms with Crippen LogP contribution in [-0.4, -0.2) is 48.7 Å². The van der Waals surface area contributed by atoms with Crippen LogP contribution in [0.4, 0.5) is 9.18 Å². The number of amides is 2. The minimum Gasteiger partial charge on any atom is -0.494 e. The largest absolute Gasteiger partial charge is 0.494 e. The highest BCUT2D eigenvalue weighted by Crippen LogP contribution is 2.31. The second-order valence-electron chi connectivity index (χ2n) is 7.53. The molecule has 0 radical (unpaired) electrons. The summed E-state index contributed by atoms with van der Waals surface area (Å²) in [6, 6.07) is 4.38. The smallest absolute Gasteiger partial charge is 0.410 e. The number of rotatable bonds is 4. The van der Waals surface area contributed by atoms with E-state index in [4.69, 9.17) is 9.47 Å². The number of ether oxygens (including phenoxy) is 2. The van der Waals surface area contributed by atoms with E-state index in [1.807, 2.05) is 0 Å². The summed E-state index contributed by atoms with van der Waals surface area (Å²) in [6.45, 7) is 9.59. The van der Waals surface area contributed by atoms with Gasteiger partial charge in [0.15, 0.2) is 11.6 Å². The van der Waals surface area contributed by atoms with Crippen LogP contribution in [0.15, 0.2) is 30.9 Å². The molecule has 0 spiro atoms. The van der Waals surface area contributed by atoms with E-state index in [2.05, 4.69) is 11.9 Å². The zero-order valence-corrected chi connectivity index (χ0v) is 16.3. The van der Waals surface area contributed by atoms with Crippen LogP contribution in [0.1, 0.15) is 38.7 Å². The van der Waals surface area contributed by atoms with Crippen molar-refractivity contribution < 1.29 is 23.5 Å². The lowest BCUT2D eigenvalue weighted by molar-refractivity contribution is -0.117. The maximum Gasteiger partial charge on any atom is 0.410 e. The topological polar surface area (TPSA) is 67.9 Å². The monoisotopic (exact) mass is 378 g/mol. The third-order valence-corrected chi connectivity index (χ3v) is 4.38. The maximum absolute atomic E-state index is 14.1. The molecular weight excluding hydrogens is 351 g/mol. The summed E-state index contributed by atoms with van der Waals surface area (Å²) < 4.78 is 24.5. The molecule has 7 heteroatoms. The van der Waals surface area contributed by atoms with Gasteiger partial charge in [-0.2, -0.15) is 0 Å². The first-order valence-electron chi connectivity index (χ1n) is 8.89. The van der Waals surface area contributed by atoms with E-state index in [1.165, 1.54) is 19.3 Å². The summed E-state index contributed by atoms with van der Waals surface area (Å²) in [5.41, 5.74) is 0.138. The Hall–Kier alpha value is -2.57. The van der Waals surface area contributed by atoms with Gasteiger partial charge >= 0.3 is 6.09 Å². The zero-order chi connectivity index (χ0) is 20.2. The summed E-state index contributed by atoms with van der Waals surface area (Å²) >= 11 is 0. The average Bonchev–Trinajstić information content (AvgIpc) is 2.60. The highest BCUT2D eigenvalue weighted by Gasteiger charge is 2.35. The van der Waals surface area contributed by atoms with E-state index in [0.29, 0.717) is 13.0 Å². The second kappa shape index (κ2) is 8.41. The van der Waals surface area contributed by atoms with Crippen LogP contribution in [-0.2, 0) is 9.53 Å². The van der Waals surface area contributed by atoms with Gasteiger partial charge in [-0.25, -0.2) is 9.18 Å². The Morgan fingerprint density at radius 3 is 2.63 bits per heavy atom. The first-order chi connectivity index (χ1) is 12.6. The number of nitrogens with one attached hydrogen (secondary N) is 1. The molecule has 1 aliphatic heterocycles. The van der Waals surface area contributed by atoms with Gasteiger partial charge in [0.25, 0.3) is 0 Å². The quantitative estimate of drug-likeness (QED) is 0.817. The average molecular weight is 378 g/mol. The molecule has 1 aromatic rings. The van der Waals surface area contributed by atoms with Crippen LogP contribution in [0.2, 0.25) is 0 Å². The number of hydrogen-bond donors (Lipinski definition) is 1. The summed E-state index contributed by atoms with van der Waals surface area (Å²) in [7, 11) is 1.41. The molecule has 148 valence electrons. The SMILES string of the molecule is C=CC(=O)N[C@H]1CN(C(=O)OC(C)(C)C)CC[C@H]1c1ccc(OC)c(F)c1. The van der Waals surface area contributed by atoms with Crippen LogP contribution in [0.3, 0.4) is 0 Å². The molecule has 1 aliphatic rings. The fourth-order valence-electron chi connectivity index (χ4n) is 3.14. The van der Waals surface area contributed by atoms with Crippen molar-refractivity contribution in [3.05, 3.63) is 42.2 Å². The van der Waals surface area contributed by atoms with Crippen molar-refractivity contribution in [1.82, 2.24) is 10.2 Å². The van der Waals surface area contributed by atoms with E-state index >= 15 is 0 Å². The maximum atomic E-state index is 14.1. The van der Waals surface area contributed by atoms with Crippen LogP contribution in [0.5, 0.6) is 5.75 Å². The normalized spacial score (nSPS) is 20.0. The molecule has 1 saturated heterocycles. The molecule has 2 amide bonds. The predicted octanol–water partition coefficient (Wildman–Crippen LogP) is 3.23. The first kappa shape index (κ1) is 20.7. The number of likely N-dealkylation sites (tertiary alicyclic amines) is 1. The van der Waals surface area contributed by atoms with Crippen LogP contribution < -0.4 is 10.1 Å². The molecule has 1 aromatic carbocycles. The minimum absolute atomic E-state index is 0.145. The van der Waals surface area contributed by atoms with E-state index in [1.54, 1.807) is 37.8 Å². The van der Waals surface area contributed by atoms with E-state index < -0.39 is 17.5 Å². The Morgan fingerprint density at radius 1 is 1.37 bits per heavy atom. The molecule has 0 aromatic heterocycles. The molecule has 27 heavy (non-hydrogen) atoms. The Morgan fingerprint density at radius 2 is 2.07 bits per heavy atom. The lowest BCUT2D eigenvalue weighted by Crippen LogP contribution is -2.53. The van der Waals surface area contributed by atoms with Gasteiger partial charge in [-0.1, -0.05) is 12.6 Å². The second-order valence-corrected chi connectivity index (χ2v) is 7.53. The van der Waals surface area contributed by atoms with E-state index in [-0.39, 0.29) is 30.2 Å². The van der Waals surface area contributed by atoms with Gasteiger partial charge in [0, 0.05) is 19.0 Å². The number of carbonyl (C=O) groups excluding carboxylic acids is 2. The van der Waals surface area contributed by atoms with Crippen LogP contribution >= 0.6 is 0 Å². The van der Waals surface area contributed by atoms with Crippen molar-refractivity contribution in [2.24, 2.45) is 0 Å².